The second-order valence-electron chi connectivity index (χ2n) is 8.81. The van der Waals surface area contributed by atoms with Crippen LogP contribution in [0.25, 0.3) is 0 Å². The number of alkyl halides is 3. The molecule has 0 unspecified atom stereocenters. The molecule has 1 saturated heterocycles. The average molecular weight is 441 g/mol. The number of pyridine rings is 1. The summed E-state index contributed by atoms with van der Waals surface area (Å²) in [6.07, 6.45) is 1.38. The van der Waals surface area contributed by atoms with Gasteiger partial charge in [0.15, 0.2) is 0 Å². The van der Waals surface area contributed by atoms with Gasteiger partial charge in [-0.05, 0) is 37.3 Å². The smallest absolute Gasteiger partial charge is 0.379 e. The number of aromatic nitrogens is 1. The average Bonchev–Trinajstić information content (AvgIpc) is 2.78. The van der Waals surface area contributed by atoms with E-state index in [0.29, 0.717) is 37.4 Å². The lowest BCUT2D eigenvalue weighted by molar-refractivity contribution is -0.138. The standard InChI is InChI=1S/C22H30F3N3O3/c1-30-20-13-31-8-6-19(20)27-17-4-2-3-14(10-17)21(29)28-7-5-18-15(12-28)9-16(11-26-18)22(23,24)25/h9,11,14,17,19-20,27H,2-8,10,12-13H2,1H3/t14-,17+,19-,20+/m0/s1. The summed E-state index contributed by atoms with van der Waals surface area (Å²) in [5.74, 6) is -0.0581. The van der Waals surface area contributed by atoms with Crippen molar-refractivity contribution in [3.8, 4) is 0 Å². The van der Waals surface area contributed by atoms with E-state index in [1.807, 2.05) is 0 Å². The van der Waals surface area contributed by atoms with Crippen LogP contribution in [0.4, 0.5) is 13.2 Å². The van der Waals surface area contributed by atoms with Crippen molar-refractivity contribution in [2.45, 2.75) is 69.4 Å². The molecule has 1 aliphatic carbocycles. The zero-order valence-corrected chi connectivity index (χ0v) is 17.8. The molecule has 1 saturated carbocycles. The third-order valence-corrected chi connectivity index (χ3v) is 6.76. The van der Waals surface area contributed by atoms with Crippen LogP contribution < -0.4 is 5.32 Å². The summed E-state index contributed by atoms with van der Waals surface area (Å²) in [7, 11) is 1.69. The van der Waals surface area contributed by atoms with Crippen LogP contribution in [0, 0.1) is 5.92 Å². The first-order valence-electron chi connectivity index (χ1n) is 11.1. The topological polar surface area (TPSA) is 63.7 Å². The Bertz CT molecular complexity index is 789. The number of ether oxygens (including phenoxy) is 2. The maximum atomic E-state index is 13.2. The van der Waals surface area contributed by atoms with Gasteiger partial charge in [-0.1, -0.05) is 6.42 Å². The maximum Gasteiger partial charge on any atom is 0.417 e. The van der Waals surface area contributed by atoms with Crippen LogP contribution in [0.2, 0.25) is 0 Å². The summed E-state index contributed by atoms with van der Waals surface area (Å²) >= 11 is 0. The lowest BCUT2D eigenvalue weighted by atomic mass is 9.83. The minimum atomic E-state index is -4.43. The Kier molecular flexibility index (Phi) is 6.83. The molecule has 1 aromatic rings. The Morgan fingerprint density at radius 1 is 1.32 bits per heavy atom. The first-order chi connectivity index (χ1) is 14.8. The third-order valence-electron chi connectivity index (χ3n) is 6.76. The minimum Gasteiger partial charge on any atom is -0.379 e. The van der Waals surface area contributed by atoms with Crippen molar-refractivity contribution in [2.75, 3.05) is 26.9 Å². The van der Waals surface area contributed by atoms with Crippen LogP contribution in [0.5, 0.6) is 0 Å². The van der Waals surface area contributed by atoms with Gasteiger partial charge in [0.25, 0.3) is 0 Å². The molecule has 9 heteroatoms. The summed E-state index contributed by atoms with van der Waals surface area (Å²) in [5.41, 5.74) is 0.405. The Morgan fingerprint density at radius 2 is 2.16 bits per heavy atom. The molecule has 0 aromatic carbocycles. The van der Waals surface area contributed by atoms with E-state index in [4.69, 9.17) is 9.47 Å². The van der Waals surface area contributed by atoms with Gasteiger partial charge in [-0.15, -0.1) is 0 Å². The third kappa shape index (κ3) is 5.21. The van der Waals surface area contributed by atoms with E-state index in [1.54, 1.807) is 12.0 Å². The lowest BCUT2D eigenvalue weighted by Crippen LogP contribution is -2.53. The molecule has 2 aliphatic heterocycles. The quantitative estimate of drug-likeness (QED) is 0.779. The van der Waals surface area contributed by atoms with Gasteiger partial charge in [0.2, 0.25) is 5.91 Å². The van der Waals surface area contributed by atoms with Gasteiger partial charge in [0, 0.05) is 63.1 Å². The predicted molar refractivity (Wildman–Crippen MR) is 107 cm³/mol. The lowest BCUT2D eigenvalue weighted by Gasteiger charge is -2.38. The zero-order chi connectivity index (χ0) is 22.0. The van der Waals surface area contributed by atoms with Gasteiger partial charge < -0.3 is 19.7 Å². The monoisotopic (exact) mass is 441 g/mol. The fraction of sp³-hybridized carbons (Fsp3) is 0.727. The number of methoxy groups -OCH3 is 1. The molecule has 0 bridgehead atoms. The van der Waals surface area contributed by atoms with Crippen LogP contribution in [0.15, 0.2) is 12.3 Å². The fourth-order valence-electron chi connectivity index (χ4n) is 5.03. The number of hydrogen-bond donors (Lipinski definition) is 1. The molecule has 3 aliphatic rings. The number of amides is 1. The maximum absolute atomic E-state index is 13.2. The first-order valence-corrected chi connectivity index (χ1v) is 11.1. The number of nitrogens with zero attached hydrogens (tertiary/aromatic N) is 2. The molecule has 0 spiro atoms. The summed E-state index contributed by atoms with van der Waals surface area (Å²) in [5, 5.41) is 3.68. The molecule has 2 fully saturated rings. The van der Waals surface area contributed by atoms with E-state index in [2.05, 4.69) is 10.3 Å². The van der Waals surface area contributed by atoms with E-state index in [0.717, 1.165) is 44.4 Å². The number of rotatable bonds is 4. The molecule has 6 nitrogen and oxygen atoms in total. The van der Waals surface area contributed by atoms with Crippen LogP contribution in [-0.4, -0.2) is 60.8 Å². The molecular formula is C22H30F3N3O3. The van der Waals surface area contributed by atoms with Crippen molar-refractivity contribution in [1.82, 2.24) is 15.2 Å². The first kappa shape index (κ1) is 22.5. The van der Waals surface area contributed by atoms with E-state index in [9.17, 15) is 18.0 Å². The molecular weight excluding hydrogens is 411 g/mol. The molecule has 1 N–H and O–H groups in total. The van der Waals surface area contributed by atoms with Crippen LogP contribution in [-0.2, 0) is 33.4 Å². The largest absolute Gasteiger partial charge is 0.417 e. The van der Waals surface area contributed by atoms with Gasteiger partial charge in [-0.3, -0.25) is 9.78 Å². The second kappa shape index (κ2) is 9.42. The van der Waals surface area contributed by atoms with E-state index < -0.39 is 11.7 Å². The van der Waals surface area contributed by atoms with Crippen molar-refractivity contribution < 1.29 is 27.4 Å². The van der Waals surface area contributed by atoms with Crippen molar-refractivity contribution in [3.63, 3.8) is 0 Å². The van der Waals surface area contributed by atoms with Crippen LogP contribution >= 0.6 is 0 Å². The van der Waals surface area contributed by atoms with Gasteiger partial charge in [-0.2, -0.15) is 13.2 Å². The Hall–Kier alpha value is -1.71. The summed E-state index contributed by atoms with van der Waals surface area (Å²) in [4.78, 5) is 18.9. The van der Waals surface area contributed by atoms with Crippen molar-refractivity contribution in [2.24, 2.45) is 5.92 Å². The highest BCUT2D eigenvalue weighted by Gasteiger charge is 2.36. The molecule has 4 atom stereocenters. The predicted octanol–water partition coefficient (Wildman–Crippen LogP) is 2.94. The molecule has 3 heterocycles. The van der Waals surface area contributed by atoms with Crippen molar-refractivity contribution >= 4 is 5.91 Å². The number of halogens is 3. The number of carbonyl (C=O) groups is 1. The molecule has 31 heavy (non-hydrogen) atoms. The molecule has 172 valence electrons. The summed E-state index contributed by atoms with van der Waals surface area (Å²) < 4.78 is 50.2. The van der Waals surface area contributed by atoms with Gasteiger partial charge in [0.1, 0.15) is 0 Å². The number of fused-ring (bicyclic) bond motifs is 1. The summed E-state index contributed by atoms with van der Waals surface area (Å²) in [6.45, 7) is 1.98. The van der Waals surface area contributed by atoms with Gasteiger partial charge >= 0.3 is 6.18 Å². The van der Waals surface area contributed by atoms with Crippen molar-refractivity contribution in [1.29, 1.82) is 0 Å². The normalized spacial score (nSPS) is 29.5. The fourth-order valence-corrected chi connectivity index (χ4v) is 5.03. The van der Waals surface area contributed by atoms with Gasteiger partial charge in [0.05, 0.1) is 18.3 Å². The highest BCUT2D eigenvalue weighted by molar-refractivity contribution is 5.79. The van der Waals surface area contributed by atoms with Crippen molar-refractivity contribution in [3.05, 3.63) is 29.1 Å². The van der Waals surface area contributed by atoms with E-state index in [-0.39, 0.29) is 36.6 Å². The Morgan fingerprint density at radius 3 is 2.94 bits per heavy atom. The number of carbonyl (C=O) groups excluding carboxylic acids is 1. The Balaban J connectivity index is 1.38. The van der Waals surface area contributed by atoms with E-state index >= 15 is 0 Å². The van der Waals surface area contributed by atoms with Gasteiger partial charge in [-0.25, -0.2) is 0 Å². The van der Waals surface area contributed by atoms with Crippen LogP contribution in [0.1, 0.15) is 48.9 Å². The molecule has 0 radical (unpaired) electrons. The zero-order valence-electron chi connectivity index (χ0n) is 17.8. The Labute approximate surface area is 180 Å². The second-order valence-corrected chi connectivity index (χ2v) is 8.81. The highest BCUT2D eigenvalue weighted by atomic mass is 19.4. The van der Waals surface area contributed by atoms with Crippen LogP contribution in [0.3, 0.4) is 0 Å². The minimum absolute atomic E-state index is 0.0127. The molecule has 1 amide bonds. The number of hydrogen-bond acceptors (Lipinski definition) is 5. The SMILES string of the molecule is CO[C@@H]1COCC[C@@H]1N[C@@H]1CCC[C@H](C(=O)N2CCc3ncc(C(F)(F)F)cc3C2)C1. The molecule has 1 aromatic heterocycles. The number of nitrogens with one attached hydrogen (secondary N) is 1. The molecule has 4 rings (SSSR count). The highest BCUT2D eigenvalue weighted by Crippen LogP contribution is 2.32. The summed E-state index contributed by atoms with van der Waals surface area (Å²) in [6, 6.07) is 1.59. The van der Waals surface area contributed by atoms with E-state index in [1.165, 1.54) is 0 Å².